The van der Waals surface area contributed by atoms with Crippen molar-refractivity contribution in [3.8, 4) is 5.69 Å². The van der Waals surface area contributed by atoms with Crippen LogP contribution in [0.5, 0.6) is 0 Å². The molecule has 1 amide bonds. The lowest BCUT2D eigenvalue weighted by atomic mass is 10.1. The average molecular weight is 382 g/mol. The monoisotopic (exact) mass is 382 g/mol. The first-order valence-corrected chi connectivity index (χ1v) is 9.80. The summed E-state index contributed by atoms with van der Waals surface area (Å²) >= 11 is 1.24. The third-order valence-electron chi connectivity index (χ3n) is 4.37. The number of nitrogens with one attached hydrogen (secondary N) is 1. The van der Waals surface area contributed by atoms with Crippen LogP contribution in [0.2, 0.25) is 0 Å². The molecule has 1 aromatic carbocycles. The van der Waals surface area contributed by atoms with Gasteiger partial charge in [0.25, 0.3) is 5.56 Å². The molecule has 2 heterocycles. The van der Waals surface area contributed by atoms with Crippen LogP contribution in [0.4, 0.5) is 0 Å². The number of rotatable bonds is 6. The van der Waals surface area contributed by atoms with Crippen LogP contribution in [0.3, 0.4) is 0 Å². The Balaban J connectivity index is 1.96. The molecule has 0 saturated carbocycles. The van der Waals surface area contributed by atoms with Crippen molar-refractivity contribution in [1.82, 2.24) is 19.9 Å². The first-order valence-electron chi connectivity index (χ1n) is 8.81. The van der Waals surface area contributed by atoms with E-state index in [2.05, 4.69) is 29.1 Å². The molecule has 0 unspecified atom stereocenters. The summed E-state index contributed by atoms with van der Waals surface area (Å²) in [6, 6.07) is 10.9. The lowest BCUT2D eigenvalue weighted by Gasteiger charge is -2.17. The normalized spacial score (nSPS) is 12.3. The number of carbonyl (C=O) groups excluding carboxylic acids is 1. The van der Waals surface area contributed by atoms with Crippen LogP contribution >= 0.6 is 11.8 Å². The summed E-state index contributed by atoms with van der Waals surface area (Å²) in [7, 11) is 0. The number of pyridine rings is 1. The topological polar surface area (TPSA) is 76.9 Å². The van der Waals surface area contributed by atoms with Crippen LogP contribution in [-0.2, 0) is 4.79 Å². The van der Waals surface area contributed by atoms with Gasteiger partial charge in [-0.2, -0.15) is 0 Å². The van der Waals surface area contributed by atoms with Crippen molar-refractivity contribution in [2.45, 2.75) is 32.0 Å². The molecule has 1 atom stereocenters. The van der Waals surface area contributed by atoms with Crippen LogP contribution in [0.25, 0.3) is 16.6 Å². The van der Waals surface area contributed by atoms with Gasteiger partial charge in [0.05, 0.1) is 28.5 Å². The zero-order chi connectivity index (χ0) is 19.4. The molecule has 0 radical (unpaired) electrons. The molecule has 0 aliphatic carbocycles. The van der Waals surface area contributed by atoms with Gasteiger partial charge in [-0.1, -0.05) is 37.7 Å². The third kappa shape index (κ3) is 4.36. The van der Waals surface area contributed by atoms with E-state index in [9.17, 15) is 9.59 Å². The van der Waals surface area contributed by atoms with Crippen LogP contribution in [-0.4, -0.2) is 32.2 Å². The van der Waals surface area contributed by atoms with Gasteiger partial charge in [0.1, 0.15) is 0 Å². The Hall–Kier alpha value is -2.67. The lowest BCUT2D eigenvalue weighted by Crippen LogP contribution is -2.37. The molecule has 0 aliphatic heterocycles. The van der Waals surface area contributed by atoms with Gasteiger partial charge in [-0.05, 0) is 37.1 Å². The molecule has 140 valence electrons. The average Bonchev–Trinajstić information content (AvgIpc) is 2.67. The second-order valence-electron chi connectivity index (χ2n) is 6.65. The van der Waals surface area contributed by atoms with Gasteiger partial charge < -0.3 is 5.32 Å². The van der Waals surface area contributed by atoms with Gasteiger partial charge in [0.15, 0.2) is 5.16 Å². The molecule has 6 nitrogen and oxygen atoms in total. The molecule has 27 heavy (non-hydrogen) atoms. The van der Waals surface area contributed by atoms with Gasteiger partial charge in [-0.25, -0.2) is 4.98 Å². The van der Waals surface area contributed by atoms with Gasteiger partial charge in [0.2, 0.25) is 5.91 Å². The van der Waals surface area contributed by atoms with E-state index in [1.807, 2.05) is 19.1 Å². The van der Waals surface area contributed by atoms with Crippen LogP contribution in [0.1, 0.15) is 20.8 Å². The van der Waals surface area contributed by atoms with Crippen molar-refractivity contribution in [2.75, 3.05) is 5.75 Å². The number of aromatic nitrogens is 3. The number of para-hydroxylation sites is 1. The Kier molecular flexibility index (Phi) is 5.91. The van der Waals surface area contributed by atoms with E-state index in [-0.39, 0.29) is 23.3 Å². The highest BCUT2D eigenvalue weighted by atomic mass is 32.2. The van der Waals surface area contributed by atoms with Crippen molar-refractivity contribution in [2.24, 2.45) is 5.92 Å². The maximum Gasteiger partial charge on any atom is 0.266 e. The summed E-state index contributed by atoms with van der Waals surface area (Å²) in [6.07, 6.45) is 3.26. The minimum atomic E-state index is -0.174. The van der Waals surface area contributed by atoms with Gasteiger partial charge in [-0.15, -0.1) is 0 Å². The minimum absolute atomic E-state index is 0.0821. The van der Waals surface area contributed by atoms with Gasteiger partial charge in [0, 0.05) is 12.2 Å². The Morgan fingerprint density at radius 2 is 1.96 bits per heavy atom. The maximum atomic E-state index is 13.0. The summed E-state index contributed by atoms with van der Waals surface area (Å²) in [5.74, 6) is 0.454. The Morgan fingerprint density at radius 3 is 2.67 bits per heavy atom. The molecule has 2 aromatic heterocycles. The molecular weight excluding hydrogens is 360 g/mol. The van der Waals surface area contributed by atoms with Crippen molar-refractivity contribution in [3.63, 3.8) is 0 Å². The van der Waals surface area contributed by atoms with E-state index in [4.69, 9.17) is 0 Å². The quantitative estimate of drug-likeness (QED) is 0.524. The standard InChI is InChI=1S/C20H22N4O2S/c1-13(2)14(3)22-18(25)12-27-20-23-17-9-5-4-8-16(17)19(26)24(20)15-7-6-10-21-11-15/h4-11,13-14H,12H2,1-3H3,(H,22,25)/t14-/m1/s1. The molecule has 0 spiro atoms. The molecule has 0 aliphatic rings. The fourth-order valence-electron chi connectivity index (χ4n) is 2.52. The highest BCUT2D eigenvalue weighted by molar-refractivity contribution is 7.99. The predicted octanol–water partition coefficient (Wildman–Crippen LogP) is 3.03. The van der Waals surface area contributed by atoms with E-state index in [1.165, 1.54) is 16.3 Å². The number of carbonyl (C=O) groups is 1. The highest BCUT2D eigenvalue weighted by Crippen LogP contribution is 2.20. The summed E-state index contributed by atoms with van der Waals surface area (Å²) < 4.78 is 1.51. The Labute approximate surface area is 162 Å². The first kappa shape index (κ1) is 19.1. The van der Waals surface area contributed by atoms with Crippen molar-refractivity contribution in [1.29, 1.82) is 0 Å². The van der Waals surface area contributed by atoms with Gasteiger partial charge in [-0.3, -0.25) is 19.1 Å². The number of hydrogen-bond donors (Lipinski definition) is 1. The van der Waals surface area contributed by atoms with Crippen molar-refractivity contribution >= 4 is 28.6 Å². The molecular formula is C20H22N4O2S. The number of thioether (sulfide) groups is 1. The van der Waals surface area contributed by atoms with Crippen molar-refractivity contribution in [3.05, 3.63) is 59.1 Å². The van der Waals surface area contributed by atoms with E-state index in [1.54, 1.807) is 36.7 Å². The van der Waals surface area contributed by atoms with Crippen LogP contribution in [0.15, 0.2) is 58.7 Å². The molecule has 1 N–H and O–H groups in total. The molecule has 0 saturated heterocycles. The summed E-state index contributed by atoms with van der Waals surface area (Å²) in [5.41, 5.74) is 1.06. The minimum Gasteiger partial charge on any atom is -0.353 e. The highest BCUT2D eigenvalue weighted by Gasteiger charge is 2.16. The number of amides is 1. The Morgan fingerprint density at radius 1 is 1.19 bits per heavy atom. The molecule has 0 fully saturated rings. The van der Waals surface area contributed by atoms with E-state index >= 15 is 0 Å². The third-order valence-corrected chi connectivity index (χ3v) is 5.31. The fraction of sp³-hybridized carbons (Fsp3) is 0.300. The van der Waals surface area contributed by atoms with E-state index in [0.29, 0.717) is 27.7 Å². The van der Waals surface area contributed by atoms with Gasteiger partial charge >= 0.3 is 0 Å². The number of hydrogen-bond acceptors (Lipinski definition) is 5. The smallest absolute Gasteiger partial charge is 0.266 e. The zero-order valence-corrected chi connectivity index (χ0v) is 16.4. The molecule has 0 bridgehead atoms. The predicted molar refractivity (Wildman–Crippen MR) is 108 cm³/mol. The lowest BCUT2D eigenvalue weighted by molar-refractivity contribution is -0.119. The second kappa shape index (κ2) is 8.35. The fourth-order valence-corrected chi connectivity index (χ4v) is 3.34. The maximum absolute atomic E-state index is 13.0. The van der Waals surface area contributed by atoms with E-state index in [0.717, 1.165) is 0 Å². The SMILES string of the molecule is CC(C)[C@@H](C)NC(=O)CSc1nc2ccccc2c(=O)n1-c1cccnc1. The van der Waals surface area contributed by atoms with Crippen molar-refractivity contribution < 1.29 is 4.79 Å². The zero-order valence-electron chi connectivity index (χ0n) is 15.5. The largest absolute Gasteiger partial charge is 0.353 e. The number of benzene rings is 1. The number of fused-ring (bicyclic) bond motifs is 1. The molecule has 3 aromatic rings. The summed E-state index contributed by atoms with van der Waals surface area (Å²) in [4.78, 5) is 34.0. The van der Waals surface area contributed by atoms with E-state index < -0.39 is 0 Å². The van der Waals surface area contributed by atoms with Crippen LogP contribution < -0.4 is 10.9 Å². The molecule has 7 heteroatoms. The Bertz CT molecular complexity index is 1000. The summed E-state index contributed by atoms with van der Waals surface area (Å²) in [6.45, 7) is 6.10. The summed E-state index contributed by atoms with van der Waals surface area (Å²) in [5, 5.41) is 3.98. The first-order chi connectivity index (χ1) is 13.0. The van der Waals surface area contributed by atoms with Crippen LogP contribution in [0, 0.1) is 5.92 Å². The number of nitrogens with zero attached hydrogens (tertiary/aromatic N) is 3. The molecule has 3 rings (SSSR count). The second-order valence-corrected chi connectivity index (χ2v) is 7.59.